The Balaban J connectivity index is 1.56. The van der Waals surface area contributed by atoms with Gasteiger partial charge < -0.3 is 9.84 Å². The van der Waals surface area contributed by atoms with Crippen LogP contribution in [0.15, 0.2) is 0 Å². The van der Waals surface area contributed by atoms with Crippen molar-refractivity contribution in [2.24, 2.45) is 0 Å². The summed E-state index contributed by atoms with van der Waals surface area (Å²) in [5.74, 6) is 0. The van der Waals surface area contributed by atoms with Gasteiger partial charge in [-0.2, -0.15) is 0 Å². The highest BCUT2D eigenvalue weighted by atomic mass is 16.6. The van der Waals surface area contributed by atoms with Gasteiger partial charge in [-0.1, -0.05) is 12.8 Å². The minimum atomic E-state index is -0.350. The van der Waals surface area contributed by atoms with Crippen molar-refractivity contribution in [1.29, 1.82) is 0 Å². The number of ether oxygens (including phenoxy) is 1. The molecule has 86 valence electrons. The summed E-state index contributed by atoms with van der Waals surface area (Å²) in [4.78, 5) is 4.42. The lowest BCUT2D eigenvalue weighted by atomic mass is 10.2. The summed E-state index contributed by atoms with van der Waals surface area (Å²) in [6.07, 6.45) is 5.25. The topological polar surface area (TPSA) is 39.2 Å². The molecule has 3 fully saturated rings. The summed E-state index contributed by atoms with van der Waals surface area (Å²) in [6, 6.07) is 0.630. The van der Waals surface area contributed by atoms with Gasteiger partial charge in [0.2, 0.25) is 0 Å². The van der Waals surface area contributed by atoms with Crippen LogP contribution in [-0.2, 0) is 4.74 Å². The molecule has 0 amide bonds. The Morgan fingerprint density at radius 2 is 1.93 bits per heavy atom. The quantitative estimate of drug-likeness (QED) is 0.679. The molecular weight excluding hydrogens is 192 g/mol. The SMILES string of the molecule is OC1N(CC2CO2)CCN1C1CCCC1. The molecular formula is C11H20N2O2. The molecule has 2 unspecified atom stereocenters. The third-order valence-corrected chi connectivity index (χ3v) is 3.90. The van der Waals surface area contributed by atoms with Crippen LogP contribution in [0.1, 0.15) is 25.7 Å². The molecule has 4 nitrogen and oxygen atoms in total. The average molecular weight is 212 g/mol. The van der Waals surface area contributed by atoms with Gasteiger partial charge in [0.15, 0.2) is 6.35 Å². The predicted octanol–water partition coefficient (Wildman–Crippen LogP) is 0.221. The van der Waals surface area contributed by atoms with Gasteiger partial charge in [-0.15, -0.1) is 0 Å². The van der Waals surface area contributed by atoms with Crippen LogP contribution >= 0.6 is 0 Å². The normalized spacial score (nSPS) is 39.0. The fourth-order valence-electron chi connectivity index (χ4n) is 2.91. The van der Waals surface area contributed by atoms with E-state index >= 15 is 0 Å². The van der Waals surface area contributed by atoms with Gasteiger partial charge in [0, 0.05) is 25.7 Å². The Labute approximate surface area is 90.8 Å². The molecule has 2 saturated heterocycles. The van der Waals surface area contributed by atoms with Crippen molar-refractivity contribution in [3.8, 4) is 0 Å². The minimum absolute atomic E-state index is 0.350. The van der Waals surface area contributed by atoms with Gasteiger partial charge in [-0.25, -0.2) is 0 Å². The van der Waals surface area contributed by atoms with Gasteiger partial charge in [0.1, 0.15) is 0 Å². The molecule has 0 bridgehead atoms. The predicted molar refractivity (Wildman–Crippen MR) is 56.3 cm³/mol. The van der Waals surface area contributed by atoms with E-state index in [1.54, 1.807) is 0 Å². The van der Waals surface area contributed by atoms with Crippen molar-refractivity contribution in [2.75, 3.05) is 26.2 Å². The van der Waals surface area contributed by atoms with E-state index in [0.717, 1.165) is 26.2 Å². The van der Waals surface area contributed by atoms with Crippen LogP contribution < -0.4 is 0 Å². The molecule has 2 atom stereocenters. The van der Waals surface area contributed by atoms with Crippen molar-refractivity contribution in [1.82, 2.24) is 9.80 Å². The Morgan fingerprint density at radius 3 is 2.60 bits per heavy atom. The van der Waals surface area contributed by atoms with E-state index in [1.807, 2.05) is 0 Å². The van der Waals surface area contributed by atoms with E-state index in [2.05, 4.69) is 9.80 Å². The molecule has 0 aromatic heterocycles. The number of aliphatic hydroxyl groups excluding tert-OH is 1. The largest absolute Gasteiger partial charge is 0.372 e. The summed E-state index contributed by atoms with van der Waals surface area (Å²) in [7, 11) is 0. The Bertz CT molecular complexity index is 227. The molecule has 4 heteroatoms. The highest BCUT2D eigenvalue weighted by Gasteiger charge is 2.38. The average Bonchev–Trinajstić information content (AvgIpc) is 2.75. The first-order valence-electron chi connectivity index (χ1n) is 6.14. The van der Waals surface area contributed by atoms with E-state index in [-0.39, 0.29) is 6.35 Å². The number of rotatable bonds is 3. The first-order valence-corrected chi connectivity index (χ1v) is 6.14. The summed E-state index contributed by atoms with van der Waals surface area (Å²) in [5.41, 5.74) is 0. The number of epoxide rings is 1. The molecule has 1 saturated carbocycles. The first-order chi connectivity index (χ1) is 7.34. The van der Waals surface area contributed by atoms with Gasteiger partial charge in [0.05, 0.1) is 12.7 Å². The van der Waals surface area contributed by atoms with Crippen LogP contribution in [0, 0.1) is 0 Å². The van der Waals surface area contributed by atoms with E-state index in [0.29, 0.717) is 12.1 Å². The van der Waals surface area contributed by atoms with Crippen molar-refractivity contribution in [2.45, 2.75) is 44.2 Å². The number of hydrogen-bond donors (Lipinski definition) is 1. The summed E-state index contributed by atoms with van der Waals surface area (Å²) in [5, 5.41) is 10.2. The zero-order valence-corrected chi connectivity index (χ0v) is 9.14. The van der Waals surface area contributed by atoms with Gasteiger partial charge >= 0.3 is 0 Å². The summed E-state index contributed by atoms with van der Waals surface area (Å²) < 4.78 is 5.21. The monoisotopic (exact) mass is 212 g/mol. The Morgan fingerprint density at radius 1 is 1.20 bits per heavy atom. The molecule has 3 rings (SSSR count). The maximum absolute atomic E-state index is 10.2. The smallest absolute Gasteiger partial charge is 0.165 e. The van der Waals surface area contributed by atoms with Crippen molar-refractivity contribution in [3.63, 3.8) is 0 Å². The second-order valence-electron chi connectivity index (χ2n) is 4.97. The van der Waals surface area contributed by atoms with Crippen LogP contribution in [0.5, 0.6) is 0 Å². The van der Waals surface area contributed by atoms with E-state index in [1.165, 1.54) is 25.7 Å². The molecule has 1 N–H and O–H groups in total. The molecule has 0 aromatic carbocycles. The lowest BCUT2D eigenvalue weighted by Crippen LogP contribution is -2.44. The van der Waals surface area contributed by atoms with Crippen LogP contribution in [0.3, 0.4) is 0 Å². The zero-order valence-electron chi connectivity index (χ0n) is 9.14. The first kappa shape index (κ1) is 10.0. The number of aliphatic hydroxyl groups is 1. The van der Waals surface area contributed by atoms with Gasteiger partial charge in [-0.3, -0.25) is 9.80 Å². The van der Waals surface area contributed by atoms with Crippen molar-refractivity contribution >= 4 is 0 Å². The molecule has 2 heterocycles. The van der Waals surface area contributed by atoms with E-state index < -0.39 is 0 Å². The lowest BCUT2D eigenvalue weighted by Gasteiger charge is -2.29. The fourth-order valence-corrected chi connectivity index (χ4v) is 2.91. The zero-order chi connectivity index (χ0) is 10.3. The Kier molecular flexibility index (Phi) is 2.68. The second-order valence-corrected chi connectivity index (χ2v) is 4.97. The molecule has 0 aromatic rings. The third-order valence-electron chi connectivity index (χ3n) is 3.90. The maximum Gasteiger partial charge on any atom is 0.165 e. The van der Waals surface area contributed by atoms with Gasteiger partial charge in [0.25, 0.3) is 0 Å². The Hall–Kier alpha value is -0.160. The number of nitrogens with zero attached hydrogens (tertiary/aromatic N) is 2. The fraction of sp³-hybridized carbons (Fsp3) is 1.00. The molecule has 15 heavy (non-hydrogen) atoms. The maximum atomic E-state index is 10.2. The second kappa shape index (κ2) is 4.01. The molecule has 3 aliphatic rings. The molecule has 0 radical (unpaired) electrons. The van der Waals surface area contributed by atoms with E-state index in [9.17, 15) is 5.11 Å². The van der Waals surface area contributed by atoms with Crippen molar-refractivity contribution in [3.05, 3.63) is 0 Å². The third kappa shape index (κ3) is 2.04. The lowest BCUT2D eigenvalue weighted by molar-refractivity contribution is -0.0755. The summed E-state index contributed by atoms with van der Waals surface area (Å²) in [6.45, 7) is 3.81. The molecule has 0 spiro atoms. The van der Waals surface area contributed by atoms with Gasteiger partial charge in [-0.05, 0) is 12.8 Å². The van der Waals surface area contributed by atoms with Crippen LogP contribution in [0.2, 0.25) is 0 Å². The molecule has 2 aliphatic heterocycles. The standard InChI is InChI=1S/C11H20N2O2/c14-11-12(7-10-8-15-10)5-6-13(11)9-3-1-2-4-9/h9-11,14H,1-8H2. The minimum Gasteiger partial charge on any atom is -0.372 e. The highest BCUT2D eigenvalue weighted by molar-refractivity contribution is 4.86. The van der Waals surface area contributed by atoms with Crippen molar-refractivity contribution < 1.29 is 9.84 Å². The van der Waals surface area contributed by atoms with E-state index in [4.69, 9.17) is 4.74 Å². The molecule has 1 aliphatic carbocycles. The highest BCUT2D eigenvalue weighted by Crippen LogP contribution is 2.28. The van der Waals surface area contributed by atoms with Crippen LogP contribution in [0.25, 0.3) is 0 Å². The van der Waals surface area contributed by atoms with Crippen LogP contribution in [0.4, 0.5) is 0 Å². The van der Waals surface area contributed by atoms with Crippen LogP contribution in [-0.4, -0.2) is 59.6 Å². The number of hydrogen-bond acceptors (Lipinski definition) is 4. The summed E-state index contributed by atoms with van der Waals surface area (Å²) >= 11 is 0.